The van der Waals surface area contributed by atoms with Crippen molar-refractivity contribution in [2.24, 2.45) is 17.3 Å². The van der Waals surface area contributed by atoms with Crippen LogP contribution in [-0.4, -0.2) is 70.9 Å². The monoisotopic (exact) mass is 592 g/mol. The Morgan fingerprint density at radius 3 is 1.81 bits per heavy atom. The van der Waals surface area contributed by atoms with Crippen molar-refractivity contribution in [3.63, 3.8) is 0 Å². The van der Waals surface area contributed by atoms with Crippen LogP contribution in [-0.2, 0) is 57.2 Å². The van der Waals surface area contributed by atoms with Gasteiger partial charge in [0.15, 0.2) is 23.1 Å². The molecule has 0 saturated heterocycles. The van der Waals surface area contributed by atoms with E-state index in [1.165, 1.54) is 26.0 Å². The molecule has 1 fully saturated rings. The van der Waals surface area contributed by atoms with Crippen molar-refractivity contribution < 1.29 is 57.2 Å². The zero-order valence-corrected chi connectivity index (χ0v) is 25.6. The number of hydrogen-bond donors (Lipinski definition) is 0. The van der Waals surface area contributed by atoms with Crippen molar-refractivity contribution in [1.29, 1.82) is 0 Å². The molecule has 0 aromatic rings. The van der Waals surface area contributed by atoms with Gasteiger partial charge in [-0.1, -0.05) is 25.7 Å². The van der Waals surface area contributed by atoms with Gasteiger partial charge in [-0.25, -0.2) is 0 Å². The van der Waals surface area contributed by atoms with Crippen LogP contribution in [0, 0.1) is 17.3 Å². The Morgan fingerprint density at radius 1 is 0.810 bits per heavy atom. The van der Waals surface area contributed by atoms with Crippen molar-refractivity contribution in [2.45, 2.75) is 105 Å². The van der Waals surface area contributed by atoms with Crippen LogP contribution in [0.4, 0.5) is 0 Å². The maximum atomic E-state index is 14.4. The third-order valence-corrected chi connectivity index (χ3v) is 7.50. The van der Waals surface area contributed by atoms with Gasteiger partial charge in [-0.15, -0.1) is 0 Å². The lowest BCUT2D eigenvalue weighted by Crippen LogP contribution is -2.57. The molecule has 0 N–H and O–H groups in total. The minimum absolute atomic E-state index is 0.139. The van der Waals surface area contributed by atoms with E-state index in [0.29, 0.717) is 0 Å². The smallest absolute Gasteiger partial charge is 0.303 e. The van der Waals surface area contributed by atoms with Crippen molar-refractivity contribution in [1.82, 2.24) is 0 Å². The van der Waals surface area contributed by atoms with Gasteiger partial charge in [-0.3, -0.25) is 33.6 Å². The van der Waals surface area contributed by atoms with E-state index < -0.39 is 88.8 Å². The number of rotatable bonds is 5. The van der Waals surface area contributed by atoms with Crippen molar-refractivity contribution in [3.8, 4) is 0 Å². The minimum Gasteiger partial charge on any atom is -0.458 e. The second-order valence-corrected chi connectivity index (χ2v) is 11.7. The molecular formula is C30H40O12. The summed E-state index contributed by atoms with van der Waals surface area (Å²) in [5.41, 5.74) is -5.27. The lowest BCUT2D eigenvalue weighted by atomic mass is 9.73. The molecule has 0 amide bonds. The quantitative estimate of drug-likeness (QED) is 0.261. The molecule has 2 aliphatic rings. The fourth-order valence-electron chi connectivity index (χ4n) is 5.80. The van der Waals surface area contributed by atoms with E-state index in [0.717, 1.165) is 34.6 Å². The largest absolute Gasteiger partial charge is 0.458 e. The molecule has 2 aliphatic carbocycles. The van der Waals surface area contributed by atoms with Crippen molar-refractivity contribution >= 4 is 41.4 Å². The van der Waals surface area contributed by atoms with Crippen LogP contribution in [0.15, 0.2) is 24.3 Å². The van der Waals surface area contributed by atoms with Gasteiger partial charge in [0.25, 0.3) is 0 Å². The van der Waals surface area contributed by atoms with E-state index in [1.54, 1.807) is 13.8 Å². The van der Waals surface area contributed by atoms with E-state index in [4.69, 9.17) is 23.7 Å². The molecule has 42 heavy (non-hydrogen) atoms. The van der Waals surface area contributed by atoms with Crippen LogP contribution >= 0.6 is 0 Å². The number of fused-ring (bicyclic) bond motifs is 1. The van der Waals surface area contributed by atoms with Gasteiger partial charge in [0.05, 0.1) is 5.92 Å². The van der Waals surface area contributed by atoms with E-state index in [2.05, 4.69) is 6.58 Å². The molecule has 2 rings (SSSR count). The molecule has 7 atom stereocenters. The summed E-state index contributed by atoms with van der Waals surface area (Å²) in [6.07, 6.45) is -2.41. The topological polar surface area (TPSA) is 166 Å². The molecule has 1 saturated carbocycles. The number of hydrogen-bond acceptors (Lipinski definition) is 12. The van der Waals surface area contributed by atoms with Gasteiger partial charge in [0.2, 0.25) is 0 Å². The van der Waals surface area contributed by atoms with Gasteiger partial charge in [-0.05, 0) is 20.8 Å². The number of ether oxygens (including phenoxy) is 5. The van der Waals surface area contributed by atoms with Crippen molar-refractivity contribution in [2.75, 3.05) is 0 Å². The summed E-state index contributed by atoms with van der Waals surface area (Å²) in [6, 6.07) is 0. The number of esters is 5. The highest BCUT2D eigenvalue weighted by atomic mass is 16.6. The second kappa shape index (κ2) is 12.6. The maximum Gasteiger partial charge on any atom is 0.303 e. The third kappa shape index (κ3) is 7.32. The van der Waals surface area contributed by atoms with Crippen LogP contribution in [0.3, 0.4) is 0 Å². The molecule has 0 heterocycles. The second-order valence-electron chi connectivity index (χ2n) is 11.7. The van der Waals surface area contributed by atoms with Crippen LogP contribution in [0.25, 0.3) is 0 Å². The summed E-state index contributed by atoms with van der Waals surface area (Å²) >= 11 is 0. The van der Waals surface area contributed by atoms with E-state index in [1.807, 2.05) is 0 Å². The zero-order valence-electron chi connectivity index (χ0n) is 25.6. The summed E-state index contributed by atoms with van der Waals surface area (Å²) in [4.78, 5) is 89.9. The lowest BCUT2D eigenvalue weighted by Gasteiger charge is -2.41. The van der Waals surface area contributed by atoms with Gasteiger partial charge < -0.3 is 23.7 Å². The van der Waals surface area contributed by atoms with Crippen LogP contribution < -0.4 is 0 Å². The van der Waals surface area contributed by atoms with E-state index >= 15 is 0 Å². The molecule has 0 radical (unpaired) electrons. The summed E-state index contributed by atoms with van der Waals surface area (Å²) in [5.74, 6) is -7.81. The van der Waals surface area contributed by atoms with Crippen LogP contribution in [0.1, 0.15) is 75.2 Å². The highest BCUT2D eigenvalue weighted by Gasteiger charge is 2.71. The fraction of sp³-hybridized carbons (Fsp3) is 0.633. The Kier molecular flexibility index (Phi) is 10.3. The zero-order chi connectivity index (χ0) is 32.4. The number of carbonyl (C=O) groups is 7. The first-order chi connectivity index (χ1) is 19.2. The Balaban J connectivity index is 3.09. The van der Waals surface area contributed by atoms with Crippen molar-refractivity contribution in [3.05, 3.63) is 24.3 Å². The highest BCUT2D eigenvalue weighted by molar-refractivity contribution is 5.94. The molecule has 0 aromatic carbocycles. The Labute approximate surface area is 245 Å². The van der Waals surface area contributed by atoms with Gasteiger partial charge >= 0.3 is 29.8 Å². The molecule has 0 bridgehead atoms. The summed E-state index contributed by atoms with van der Waals surface area (Å²) in [5, 5.41) is 0. The predicted molar refractivity (Wildman–Crippen MR) is 145 cm³/mol. The van der Waals surface area contributed by atoms with Crippen LogP contribution in [0.2, 0.25) is 0 Å². The number of ketones is 2. The summed E-state index contributed by atoms with van der Waals surface area (Å²) in [6.45, 7) is 15.6. The molecular weight excluding hydrogens is 552 g/mol. The first kappa shape index (κ1) is 34.4. The molecule has 12 nitrogen and oxygen atoms in total. The summed E-state index contributed by atoms with van der Waals surface area (Å²) < 4.78 is 28.3. The highest BCUT2D eigenvalue weighted by Crippen LogP contribution is 2.53. The standard InChI is InChI=1S/C30H40O12/c1-15-11-12-28(8,9)23(36)13-22(38-17(3)31)16(2)25(39-18(4)32)24-27(40-19(5)33)29(10,41-20(6)34)14-30(24,26(15)37)42-21(7)35/h11-12,15,22,24-25,27H,2,13-14H2,1,3-10H3/b12-11+/t15-,22-,24+,25+,27-,29-,30-/m1/s1. The lowest BCUT2D eigenvalue weighted by molar-refractivity contribution is -0.189. The SMILES string of the molecule is C=C1[C@H](OC(C)=O)CC(=O)C(C)(C)/C=C/[C@@H](C)C(=O)[C@@]2(OC(C)=O)C[C@@](C)(OC(C)=O)[C@H](OC(C)=O)[C@@H]2[C@H]1OC(C)=O. The third-order valence-electron chi connectivity index (χ3n) is 7.50. The van der Waals surface area contributed by atoms with Crippen LogP contribution in [0.5, 0.6) is 0 Å². The average molecular weight is 593 g/mol. The molecule has 0 aromatic heterocycles. The maximum absolute atomic E-state index is 14.4. The van der Waals surface area contributed by atoms with E-state index in [9.17, 15) is 33.6 Å². The van der Waals surface area contributed by atoms with Gasteiger partial charge in [-0.2, -0.15) is 0 Å². The first-order valence-corrected chi connectivity index (χ1v) is 13.5. The van der Waals surface area contributed by atoms with Gasteiger partial charge in [0, 0.05) is 64.4 Å². The Morgan fingerprint density at radius 2 is 1.33 bits per heavy atom. The molecule has 0 spiro atoms. The fourth-order valence-corrected chi connectivity index (χ4v) is 5.80. The summed E-state index contributed by atoms with van der Waals surface area (Å²) in [7, 11) is 0. The average Bonchev–Trinajstić information content (AvgIpc) is 3.04. The number of Topliss-reactive ketones (excluding diaryl/α,β-unsaturated/α-hetero) is 2. The number of allylic oxidation sites excluding steroid dienone is 2. The predicted octanol–water partition coefficient (Wildman–Crippen LogP) is 2.74. The Hall–Kier alpha value is -3.83. The van der Waals surface area contributed by atoms with E-state index in [-0.39, 0.29) is 17.8 Å². The minimum atomic E-state index is -2.21. The number of carbonyl (C=O) groups excluding carboxylic acids is 7. The Bertz CT molecular complexity index is 1210. The normalized spacial score (nSPS) is 33.6. The molecule has 0 aliphatic heterocycles. The first-order valence-electron chi connectivity index (χ1n) is 13.5. The van der Waals surface area contributed by atoms with Gasteiger partial charge in [0.1, 0.15) is 18.0 Å². The molecule has 12 heteroatoms. The molecule has 0 unspecified atom stereocenters. The molecule has 232 valence electrons.